The lowest BCUT2D eigenvalue weighted by molar-refractivity contribution is 1.13. The van der Waals surface area contributed by atoms with E-state index in [-0.39, 0.29) is 0 Å². The second kappa shape index (κ2) is 5.94. The average molecular weight is 323 g/mol. The van der Waals surface area contributed by atoms with Crippen molar-refractivity contribution in [3.8, 4) is 10.4 Å². The largest absolute Gasteiger partial charge is 0.340 e. The van der Waals surface area contributed by atoms with Crippen molar-refractivity contribution >= 4 is 34.3 Å². The van der Waals surface area contributed by atoms with Gasteiger partial charge in [0.25, 0.3) is 0 Å². The number of thiophene rings is 1. The van der Waals surface area contributed by atoms with E-state index in [0.29, 0.717) is 0 Å². The van der Waals surface area contributed by atoms with Crippen LogP contribution in [0.4, 0.5) is 0 Å². The van der Waals surface area contributed by atoms with Crippen LogP contribution < -0.4 is 0 Å². The van der Waals surface area contributed by atoms with Gasteiger partial charge in [0.1, 0.15) is 5.82 Å². The summed E-state index contributed by atoms with van der Waals surface area (Å²) < 4.78 is 0. The molecule has 5 heteroatoms. The summed E-state index contributed by atoms with van der Waals surface area (Å²) in [6.07, 6.45) is 1.89. The first-order valence-electron chi connectivity index (χ1n) is 6.95. The molecule has 22 heavy (non-hydrogen) atoms. The van der Waals surface area contributed by atoms with Crippen LogP contribution in [0.25, 0.3) is 21.6 Å². The molecule has 0 saturated heterocycles. The molecule has 0 aliphatic rings. The predicted molar refractivity (Wildman–Crippen MR) is 93.2 cm³/mol. The van der Waals surface area contributed by atoms with Crippen LogP contribution in [0.2, 0.25) is 0 Å². The van der Waals surface area contributed by atoms with Gasteiger partial charge in [-0.3, -0.25) is 0 Å². The highest BCUT2D eigenvalue weighted by Crippen LogP contribution is 2.27. The quantitative estimate of drug-likeness (QED) is 0.539. The lowest BCUT2D eigenvalue weighted by Gasteiger charge is -1.97. The first-order chi connectivity index (χ1) is 10.9. The Bertz CT molecular complexity index is 883. The Kier molecular flexibility index (Phi) is 3.66. The Morgan fingerprint density at radius 1 is 1.09 bits per heavy atom. The van der Waals surface area contributed by atoms with Crippen LogP contribution in [0.1, 0.15) is 5.82 Å². The highest BCUT2D eigenvalue weighted by atomic mass is 32.2. The number of rotatable bonds is 4. The summed E-state index contributed by atoms with van der Waals surface area (Å²) in [7, 11) is 0. The van der Waals surface area contributed by atoms with Gasteiger partial charge in [0, 0.05) is 21.5 Å². The lowest BCUT2D eigenvalue weighted by atomic mass is 10.2. The molecule has 0 saturated carbocycles. The van der Waals surface area contributed by atoms with E-state index in [9.17, 15) is 0 Å². The Morgan fingerprint density at radius 2 is 2.00 bits per heavy atom. The number of hydrogen-bond donors (Lipinski definition) is 1. The van der Waals surface area contributed by atoms with Crippen molar-refractivity contribution in [2.24, 2.45) is 0 Å². The molecule has 4 rings (SSSR count). The third-order valence-electron chi connectivity index (χ3n) is 3.31. The number of benzene rings is 1. The number of H-pyrrole nitrogens is 1. The van der Waals surface area contributed by atoms with Gasteiger partial charge >= 0.3 is 0 Å². The van der Waals surface area contributed by atoms with Gasteiger partial charge in [0.05, 0.1) is 11.3 Å². The van der Waals surface area contributed by atoms with Gasteiger partial charge in [0.2, 0.25) is 0 Å². The monoisotopic (exact) mass is 323 g/mol. The molecule has 0 aliphatic carbocycles. The number of aromatic nitrogens is 3. The molecule has 1 aromatic carbocycles. The van der Waals surface area contributed by atoms with Crippen LogP contribution in [-0.2, 0) is 5.75 Å². The first-order valence-corrected chi connectivity index (χ1v) is 8.81. The highest BCUT2D eigenvalue weighted by Gasteiger charge is 2.07. The Morgan fingerprint density at radius 3 is 2.82 bits per heavy atom. The fourth-order valence-corrected chi connectivity index (χ4v) is 3.76. The standard InChI is InChI=1S/C17H13N3S2/c1-2-5-13(6-3-1)22-11-16-19-14-9-12(10-18-17(14)20-16)15-7-4-8-21-15/h1-10H,11H2,(H,18,19,20). The van der Waals surface area contributed by atoms with E-state index in [2.05, 4.69) is 62.8 Å². The maximum Gasteiger partial charge on any atom is 0.177 e. The van der Waals surface area contributed by atoms with Crippen LogP contribution in [0.15, 0.2) is 65.0 Å². The van der Waals surface area contributed by atoms with Crippen LogP contribution in [0.3, 0.4) is 0 Å². The summed E-state index contributed by atoms with van der Waals surface area (Å²) >= 11 is 3.49. The topological polar surface area (TPSA) is 41.6 Å². The number of pyridine rings is 1. The molecule has 3 nitrogen and oxygen atoms in total. The zero-order valence-corrected chi connectivity index (χ0v) is 13.3. The molecule has 0 radical (unpaired) electrons. The zero-order valence-electron chi connectivity index (χ0n) is 11.7. The van der Waals surface area contributed by atoms with Crippen LogP contribution in [-0.4, -0.2) is 15.0 Å². The predicted octanol–water partition coefficient (Wildman–Crippen LogP) is 4.98. The number of hydrogen-bond acceptors (Lipinski definition) is 4. The number of imidazole rings is 1. The SMILES string of the molecule is c1ccc(SCc2nc3ncc(-c4cccs4)cc3[nH]2)cc1. The maximum atomic E-state index is 4.57. The molecule has 4 aromatic rings. The molecule has 1 N–H and O–H groups in total. The smallest absolute Gasteiger partial charge is 0.177 e. The van der Waals surface area contributed by atoms with E-state index in [0.717, 1.165) is 28.3 Å². The van der Waals surface area contributed by atoms with Crippen molar-refractivity contribution in [3.63, 3.8) is 0 Å². The normalized spacial score (nSPS) is 11.1. The van der Waals surface area contributed by atoms with Crippen LogP contribution >= 0.6 is 23.1 Å². The van der Waals surface area contributed by atoms with Crippen LogP contribution in [0, 0.1) is 0 Å². The summed E-state index contributed by atoms with van der Waals surface area (Å²) in [5.74, 6) is 1.77. The molecule has 0 atom stereocenters. The minimum absolute atomic E-state index is 0.781. The minimum Gasteiger partial charge on any atom is -0.340 e. The molecule has 3 heterocycles. The van der Waals surface area contributed by atoms with E-state index in [1.165, 1.54) is 9.77 Å². The third-order valence-corrected chi connectivity index (χ3v) is 5.25. The second-order valence-electron chi connectivity index (χ2n) is 4.86. The van der Waals surface area contributed by atoms with E-state index in [1.807, 2.05) is 12.3 Å². The summed E-state index contributed by atoms with van der Waals surface area (Å²) in [5.41, 5.74) is 2.91. The molecule has 0 unspecified atom stereocenters. The molecule has 3 aromatic heterocycles. The van der Waals surface area contributed by atoms with Gasteiger partial charge in [-0.05, 0) is 29.6 Å². The molecule has 0 bridgehead atoms. The third kappa shape index (κ3) is 2.77. The van der Waals surface area contributed by atoms with Crippen molar-refractivity contribution in [1.82, 2.24) is 15.0 Å². The maximum absolute atomic E-state index is 4.57. The van der Waals surface area contributed by atoms with Crippen molar-refractivity contribution in [2.75, 3.05) is 0 Å². The van der Waals surface area contributed by atoms with E-state index < -0.39 is 0 Å². The van der Waals surface area contributed by atoms with E-state index >= 15 is 0 Å². The summed E-state index contributed by atoms with van der Waals surface area (Å²) in [6, 6.07) is 16.6. The first kappa shape index (κ1) is 13.5. The average Bonchev–Trinajstić information content (AvgIpc) is 3.22. The second-order valence-corrected chi connectivity index (χ2v) is 6.85. The fraction of sp³-hybridized carbons (Fsp3) is 0.0588. The number of nitrogens with zero attached hydrogens (tertiary/aromatic N) is 2. The Balaban J connectivity index is 1.58. The van der Waals surface area contributed by atoms with Crippen molar-refractivity contribution in [2.45, 2.75) is 10.6 Å². The summed E-state index contributed by atoms with van der Waals surface area (Å²) in [4.78, 5) is 14.9. The number of thioether (sulfide) groups is 1. The van der Waals surface area contributed by atoms with Gasteiger partial charge in [-0.25, -0.2) is 9.97 Å². The van der Waals surface area contributed by atoms with Gasteiger partial charge in [-0.15, -0.1) is 23.1 Å². The lowest BCUT2D eigenvalue weighted by Crippen LogP contribution is -1.83. The van der Waals surface area contributed by atoms with Crippen LogP contribution in [0.5, 0.6) is 0 Å². The zero-order chi connectivity index (χ0) is 14.8. The van der Waals surface area contributed by atoms with Crippen molar-refractivity contribution < 1.29 is 0 Å². The van der Waals surface area contributed by atoms with Gasteiger partial charge in [0.15, 0.2) is 5.65 Å². The van der Waals surface area contributed by atoms with Gasteiger partial charge < -0.3 is 4.98 Å². The molecule has 0 aliphatic heterocycles. The van der Waals surface area contributed by atoms with Gasteiger partial charge in [-0.2, -0.15) is 0 Å². The molecular formula is C17H13N3S2. The highest BCUT2D eigenvalue weighted by molar-refractivity contribution is 7.98. The minimum atomic E-state index is 0.781. The fourth-order valence-electron chi connectivity index (χ4n) is 2.26. The number of aromatic amines is 1. The van der Waals surface area contributed by atoms with E-state index in [1.54, 1.807) is 23.1 Å². The summed E-state index contributed by atoms with van der Waals surface area (Å²) in [6.45, 7) is 0. The van der Waals surface area contributed by atoms with Crippen molar-refractivity contribution in [1.29, 1.82) is 0 Å². The van der Waals surface area contributed by atoms with Gasteiger partial charge in [-0.1, -0.05) is 24.3 Å². The summed E-state index contributed by atoms with van der Waals surface area (Å²) in [5, 5.41) is 2.08. The molecule has 0 fully saturated rings. The molecule has 0 spiro atoms. The molecule has 108 valence electrons. The molecule has 0 amide bonds. The molecular weight excluding hydrogens is 310 g/mol. The Labute approximate surface area is 136 Å². The van der Waals surface area contributed by atoms with Crippen molar-refractivity contribution in [3.05, 3.63) is 65.9 Å². The van der Waals surface area contributed by atoms with E-state index in [4.69, 9.17) is 0 Å². The number of nitrogens with one attached hydrogen (secondary N) is 1. The number of fused-ring (bicyclic) bond motifs is 1. The Hall–Kier alpha value is -2.11.